The number of nitrogens with one attached hydrogen (secondary N) is 2. The third-order valence-electron chi connectivity index (χ3n) is 6.35. The molecule has 0 amide bonds. The number of fused-ring (bicyclic) bond motifs is 2. The van der Waals surface area contributed by atoms with Crippen LogP contribution in [0.3, 0.4) is 0 Å². The highest BCUT2D eigenvalue weighted by atomic mass is 19.1. The van der Waals surface area contributed by atoms with E-state index in [1.165, 1.54) is 6.07 Å². The summed E-state index contributed by atoms with van der Waals surface area (Å²) in [7, 11) is 1.56. The van der Waals surface area contributed by atoms with Gasteiger partial charge in [-0.25, -0.2) is 9.37 Å². The predicted octanol–water partition coefficient (Wildman–Crippen LogP) is 3.92. The van der Waals surface area contributed by atoms with E-state index in [4.69, 9.17) is 4.74 Å². The molecule has 1 fully saturated rings. The Bertz CT molecular complexity index is 1240. The van der Waals surface area contributed by atoms with Crippen LogP contribution in [0.4, 0.5) is 10.3 Å². The van der Waals surface area contributed by atoms with Crippen LogP contribution in [0, 0.1) is 5.82 Å². The molecule has 4 aromatic heterocycles. The number of nitrogens with zero attached hydrogens (tertiary/aromatic N) is 4. The van der Waals surface area contributed by atoms with Gasteiger partial charge in [-0.15, -0.1) is 0 Å². The smallest absolute Gasteiger partial charge is 0.228 e. The fourth-order valence-electron chi connectivity index (χ4n) is 4.41. The summed E-state index contributed by atoms with van der Waals surface area (Å²) in [6.45, 7) is 2.02. The number of halogens is 1. The lowest BCUT2D eigenvalue weighted by Crippen LogP contribution is -2.38. The normalized spacial score (nSPS) is 21.6. The molecule has 0 aromatic carbocycles. The number of aromatic amines is 1. The zero-order chi connectivity index (χ0) is 21.6. The molecule has 3 N–H and O–H groups in total. The molecule has 0 atom stereocenters. The van der Waals surface area contributed by atoms with Gasteiger partial charge >= 0.3 is 0 Å². The molecular weight excluding hydrogens is 399 g/mol. The van der Waals surface area contributed by atoms with Crippen LogP contribution >= 0.6 is 0 Å². The molecule has 31 heavy (non-hydrogen) atoms. The van der Waals surface area contributed by atoms with E-state index in [9.17, 15) is 9.50 Å². The quantitative estimate of drug-likeness (QED) is 0.449. The minimum absolute atomic E-state index is 0.196. The summed E-state index contributed by atoms with van der Waals surface area (Å²) in [5.41, 5.74) is 1.75. The fraction of sp³-hybridized carbons (Fsp3) is 0.409. The first-order chi connectivity index (χ1) is 15.0. The molecule has 4 heterocycles. The van der Waals surface area contributed by atoms with E-state index in [0.29, 0.717) is 28.4 Å². The molecule has 9 heteroatoms. The number of methoxy groups -OCH3 is 1. The minimum Gasteiger partial charge on any atom is -0.480 e. The lowest BCUT2D eigenvalue weighted by molar-refractivity contribution is -0.00198. The van der Waals surface area contributed by atoms with Crippen molar-refractivity contribution in [3.63, 3.8) is 0 Å². The lowest BCUT2D eigenvalue weighted by atomic mass is 9.80. The van der Waals surface area contributed by atoms with Gasteiger partial charge in [0.15, 0.2) is 11.5 Å². The van der Waals surface area contributed by atoms with Crippen molar-refractivity contribution in [1.29, 1.82) is 0 Å². The van der Waals surface area contributed by atoms with Crippen LogP contribution in [0.15, 0.2) is 30.9 Å². The van der Waals surface area contributed by atoms with E-state index < -0.39 is 11.4 Å². The molecular formula is C22H25FN6O2. The third kappa shape index (κ3) is 3.48. The largest absolute Gasteiger partial charge is 0.480 e. The molecule has 162 valence electrons. The Balaban J connectivity index is 1.48. The van der Waals surface area contributed by atoms with Gasteiger partial charge in [-0.1, -0.05) is 6.92 Å². The molecule has 0 saturated heterocycles. The zero-order valence-electron chi connectivity index (χ0n) is 17.5. The summed E-state index contributed by atoms with van der Waals surface area (Å²) in [5, 5.41) is 14.5. The molecule has 1 aliphatic rings. The number of aromatic nitrogens is 5. The number of rotatable bonds is 5. The van der Waals surface area contributed by atoms with Crippen molar-refractivity contribution < 1.29 is 14.2 Å². The Morgan fingerprint density at radius 1 is 1.35 bits per heavy atom. The Morgan fingerprint density at radius 2 is 2.16 bits per heavy atom. The van der Waals surface area contributed by atoms with Crippen LogP contribution < -0.4 is 10.1 Å². The number of hydrogen-bond acceptors (Lipinski definition) is 6. The first-order valence-corrected chi connectivity index (χ1v) is 10.5. The molecule has 0 aliphatic heterocycles. The number of ether oxygens (including phenoxy) is 1. The van der Waals surface area contributed by atoms with Crippen LogP contribution in [0.1, 0.15) is 39.0 Å². The number of anilines is 1. The van der Waals surface area contributed by atoms with Crippen molar-refractivity contribution >= 4 is 22.6 Å². The van der Waals surface area contributed by atoms with Crippen molar-refractivity contribution in [2.45, 2.75) is 50.7 Å². The van der Waals surface area contributed by atoms with Crippen molar-refractivity contribution in [3.05, 3.63) is 36.7 Å². The maximum atomic E-state index is 14.5. The Morgan fingerprint density at radius 3 is 2.90 bits per heavy atom. The van der Waals surface area contributed by atoms with E-state index in [2.05, 4.69) is 25.3 Å². The number of imidazole rings is 1. The third-order valence-corrected chi connectivity index (χ3v) is 6.35. The average Bonchev–Trinajstić information content (AvgIpc) is 3.42. The van der Waals surface area contributed by atoms with E-state index in [0.717, 1.165) is 37.7 Å². The zero-order valence-corrected chi connectivity index (χ0v) is 17.5. The number of hydrogen-bond donors (Lipinski definition) is 3. The minimum atomic E-state index is -0.555. The maximum Gasteiger partial charge on any atom is 0.228 e. The number of pyridine rings is 1. The van der Waals surface area contributed by atoms with Crippen molar-refractivity contribution in [3.8, 4) is 17.0 Å². The first-order valence-electron chi connectivity index (χ1n) is 10.5. The predicted molar refractivity (Wildman–Crippen MR) is 116 cm³/mol. The Labute approximate surface area is 178 Å². The first kappa shape index (κ1) is 19.7. The number of H-pyrrole nitrogens is 1. The average molecular weight is 424 g/mol. The Kier molecular flexibility index (Phi) is 4.77. The SMILES string of the molecule is CC[C@]1(O)CC[C@@H](Nc2nc(OC)c3c(-c4cc(F)c5nccn5c4)c[nH]c3n2)CC1. The second-order valence-corrected chi connectivity index (χ2v) is 8.21. The van der Waals surface area contributed by atoms with Crippen molar-refractivity contribution in [1.82, 2.24) is 24.3 Å². The van der Waals surface area contributed by atoms with Crippen molar-refractivity contribution in [2.24, 2.45) is 0 Å². The highest BCUT2D eigenvalue weighted by Crippen LogP contribution is 2.36. The summed E-state index contributed by atoms with van der Waals surface area (Å²) in [5.74, 6) is 0.482. The summed E-state index contributed by atoms with van der Waals surface area (Å²) in [6.07, 6.45) is 10.9. The van der Waals surface area contributed by atoms with Crippen LogP contribution in [0.5, 0.6) is 5.88 Å². The van der Waals surface area contributed by atoms with Crippen LogP contribution in [-0.4, -0.2) is 48.2 Å². The molecule has 0 radical (unpaired) electrons. The summed E-state index contributed by atoms with van der Waals surface area (Å²) in [4.78, 5) is 16.4. The molecule has 0 spiro atoms. The van der Waals surface area contributed by atoms with E-state index in [1.807, 2.05) is 13.1 Å². The van der Waals surface area contributed by atoms with E-state index in [-0.39, 0.29) is 11.7 Å². The summed E-state index contributed by atoms with van der Waals surface area (Å²) < 4.78 is 21.7. The molecule has 5 rings (SSSR count). The van der Waals surface area contributed by atoms with Crippen LogP contribution in [-0.2, 0) is 0 Å². The van der Waals surface area contributed by atoms with Gasteiger partial charge in [-0.05, 0) is 38.2 Å². The molecule has 1 aliphatic carbocycles. The second kappa shape index (κ2) is 7.49. The van der Waals surface area contributed by atoms with Gasteiger partial charge in [0.2, 0.25) is 11.8 Å². The lowest BCUT2D eigenvalue weighted by Gasteiger charge is -2.35. The summed E-state index contributed by atoms with van der Waals surface area (Å²) in [6, 6.07) is 1.65. The monoisotopic (exact) mass is 424 g/mol. The summed E-state index contributed by atoms with van der Waals surface area (Å²) >= 11 is 0. The van der Waals surface area contributed by atoms with Gasteiger partial charge in [-0.3, -0.25) is 0 Å². The molecule has 1 saturated carbocycles. The highest BCUT2D eigenvalue weighted by Gasteiger charge is 2.31. The highest BCUT2D eigenvalue weighted by molar-refractivity contribution is 5.97. The van der Waals surface area contributed by atoms with Gasteiger partial charge < -0.3 is 24.5 Å². The van der Waals surface area contributed by atoms with Gasteiger partial charge in [0.1, 0.15) is 5.65 Å². The van der Waals surface area contributed by atoms with Gasteiger partial charge in [0, 0.05) is 42.0 Å². The van der Waals surface area contributed by atoms with Crippen LogP contribution in [0.2, 0.25) is 0 Å². The number of aliphatic hydroxyl groups is 1. The van der Waals surface area contributed by atoms with E-state index in [1.54, 1.807) is 30.1 Å². The molecule has 4 aromatic rings. The fourth-order valence-corrected chi connectivity index (χ4v) is 4.41. The van der Waals surface area contributed by atoms with Gasteiger partial charge in [0.05, 0.1) is 18.1 Å². The molecule has 8 nitrogen and oxygen atoms in total. The van der Waals surface area contributed by atoms with E-state index >= 15 is 0 Å². The van der Waals surface area contributed by atoms with Crippen molar-refractivity contribution in [2.75, 3.05) is 12.4 Å². The Hall–Kier alpha value is -3.20. The molecule has 0 bridgehead atoms. The van der Waals surface area contributed by atoms with Gasteiger partial charge in [-0.2, -0.15) is 9.97 Å². The second-order valence-electron chi connectivity index (χ2n) is 8.21. The van der Waals surface area contributed by atoms with Crippen LogP contribution in [0.25, 0.3) is 27.8 Å². The van der Waals surface area contributed by atoms with Gasteiger partial charge in [0.25, 0.3) is 0 Å². The molecule has 0 unspecified atom stereocenters. The maximum absolute atomic E-state index is 14.5. The topological polar surface area (TPSA) is 100 Å². The standard InChI is InChI=1S/C22H25FN6O2/c1-3-22(30)6-4-14(5-7-22)26-21-27-18-17(20(28-21)31-2)15(11-25-18)13-10-16(23)19-24-8-9-29(19)12-13/h8-12,14,30H,3-7H2,1-2H3,(H2,25,26,27,28)/t14-,22+.